The van der Waals surface area contributed by atoms with Crippen LogP contribution in [0, 0.1) is 5.41 Å². The number of carbonyl (C=O) groups is 2. The predicted octanol–water partition coefficient (Wildman–Crippen LogP) is 2.43. The van der Waals surface area contributed by atoms with Gasteiger partial charge in [-0.1, -0.05) is 20.8 Å². The molecular weight excluding hydrogens is 244 g/mol. The van der Waals surface area contributed by atoms with Crippen molar-refractivity contribution in [1.29, 1.82) is 0 Å². The number of aromatic nitrogens is 1. The molecule has 1 amide bonds. The van der Waals surface area contributed by atoms with Crippen LogP contribution in [0.15, 0.2) is 18.3 Å². The van der Waals surface area contributed by atoms with Crippen molar-refractivity contribution in [1.82, 2.24) is 4.98 Å². The summed E-state index contributed by atoms with van der Waals surface area (Å²) in [5, 5.41) is 11.8. The minimum atomic E-state index is -1.05. The van der Waals surface area contributed by atoms with Gasteiger partial charge in [0.25, 0.3) is 0 Å². The average molecular weight is 264 g/mol. The summed E-state index contributed by atoms with van der Waals surface area (Å²) < 4.78 is 0. The molecule has 0 saturated carbocycles. The Morgan fingerprint density at radius 1 is 1.16 bits per heavy atom. The molecule has 1 aromatic heterocycles. The van der Waals surface area contributed by atoms with Crippen LogP contribution < -0.4 is 5.32 Å². The Kier molecular flexibility index (Phi) is 3.98. The molecule has 0 radical (unpaired) electrons. The minimum absolute atomic E-state index is 0.112. The SMILES string of the molecule is CC(C)(C)C(=O)Nc1ccc(C(C)(C)C(=O)O)nc1. The molecule has 0 aliphatic heterocycles. The van der Waals surface area contributed by atoms with Crippen LogP contribution in [0.3, 0.4) is 0 Å². The second-order valence-electron chi connectivity index (χ2n) is 6.07. The van der Waals surface area contributed by atoms with E-state index in [1.165, 1.54) is 6.20 Å². The number of carboxylic acid groups (broad SMARTS) is 1. The molecule has 0 saturated heterocycles. The van der Waals surface area contributed by atoms with E-state index in [2.05, 4.69) is 10.3 Å². The third kappa shape index (κ3) is 3.53. The number of carboxylic acids is 1. The summed E-state index contributed by atoms with van der Waals surface area (Å²) >= 11 is 0. The highest BCUT2D eigenvalue weighted by molar-refractivity contribution is 5.94. The molecule has 0 atom stereocenters. The van der Waals surface area contributed by atoms with Gasteiger partial charge in [0.05, 0.1) is 17.6 Å². The van der Waals surface area contributed by atoms with E-state index in [1.54, 1.807) is 26.0 Å². The third-order valence-electron chi connectivity index (χ3n) is 2.88. The van der Waals surface area contributed by atoms with Crippen molar-refractivity contribution >= 4 is 17.6 Å². The monoisotopic (exact) mass is 264 g/mol. The molecule has 2 N–H and O–H groups in total. The second kappa shape index (κ2) is 4.99. The molecule has 1 aromatic rings. The van der Waals surface area contributed by atoms with Gasteiger partial charge < -0.3 is 10.4 Å². The van der Waals surface area contributed by atoms with Crippen molar-refractivity contribution in [2.75, 3.05) is 5.32 Å². The summed E-state index contributed by atoms with van der Waals surface area (Å²) in [5.74, 6) is -1.05. The molecule has 0 unspecified atom stereocenters. The van der Waals surface area contributed by atoms with Crippen molar-refractivity contribution in [3.05, 3.63) is 24.0 Å². The van der Waals surface area contributed by atoms with Gasteiger partial charge >= 0.3 is 5.97 Å². The highest BCUT2D eigenvalue weighted by Gasteiger charge is 2.31. The first-order valence-corrected chi connectivity index (χ1v) is 6.06. The van der Waals surface area contributed by atoms with E-state index < -0.39 is 16.8 Å². The largest absolute Gasteiger partial charge is 0.481 e. The number of nitrogens with zero attached hydrogens (tertiary/aromatic N) is 1. The van der Waals surface area contributed by atoms with Crippen molar-refractivity contribution in [3.63, 3.8) is 0 Å². The van der Waals surface area contributed by atoms with Gasteiger partial charge in [0.15, 0.2) is 0 Å². The van der Waals surface area contributed by atoms with Gasteiger partial charge in [0, 0.05) is 5.41 Å². The van der Waals surface area contributed by atoms with Crippen LogP contribution in [0.1, 0.15) is 40.3 Å². The molecule has 0 fully saturated rings. The lowest BCUT2D eigenvalue weighted by Crippen LogP contribution is -2.30. The molecule has 0 bridgehead atoms. The number of rotatable bonds is 3. The summed E-state index contributed by atoms with van der Waals surface area (Å²) in [5.41, 5.74) is -0.524. The summed E-state index contributed by atoms with van der Waals surface area (Å²) in [6.07, 6.45) is 1.48. The van der Waals surface area contributed by atoms with Gasteiger partial charge in [-0.25, -0.2) is 0 Å². The molecule has 19 heavy (non-hydrogen) atoms. The fourth-order valence-electron chi connectivity index (χ4n) is 1.27. The first-order chi connectivity index (χ1) is 8.55. The highest BCUT2D eigenvalue weighted by atomic mass is 16.4. The standard InChI is InChI=1S/C14H20N2O3/c1-13(2,3)11(17)16-9-6-7-10(15-8-9)14(4,5)12(18)19/h6-8H,1-5H3,(H,16,17)(H,18,19). The number of hydrogen-bond acceptors (Lipinski definition) is 3. The third-order valence-corrected chi connectivity index (χ3v) is 2.88. The van der Waals surface area contributed by atoms with Crippen LogP contribution in [-0.2, 0) is 15.0 Å². The molecule has 5 heteroatoms. The Labute approximate surface area is 113 Å². The molecule has 104 valence electrons. The zero-order chi connectivity index (χ0) is 14.8. The summed E-state index contributed by atoms with van der Waals surface area (Å²) in [4.78, 5) is 27.0. The zero-order valence-corrected chi connectivity index (χ0v) is 11.9. The molecule has 1 rings (SSSR count). The molecular formula is C14H20N2O3. The van der Waals surface area contributed by atoms with E-state index >= 15 is 0 Å². The molecule has 0 aliphatic carbocycles. The van der Waals surface area contributed by atoms with Crippen LogP contribution in [0.25, 0.3) is 0 Å². The van der Waals surface area contributed by atoms with Crippen molar-refractivity contribution in [2.24, 2.45) is 5.41 Å². The molecule has 0 spiro atoms. The van der Waals surface area contributed by atoms with Gasteiger partial charge in [0.2, 0.25) is 5.91 Å². The van der Waals surface area contributed by atoms with Crippen molar-refractivity contribution in [3.8, 4) is 0 Å². The maximum Gasteiger partial charge on any atom is 0.315 e. The average Bonchev–Trinajstić information content (AvgIpc) is 2.28. The highest BCUT2D eigenvalue weighted by Crippen LogP contribution is 2.23. The van der Waals surface area contributed by atoms with E-state index in [9.17, 15) is 9.59 Å². The normalized spacial score (nSPS) is 12.1. The zero-order valence-electron chi connectivity index (χ0n) is 11.9. The van der Waals surface area contributed by atoms with Crippen molar-refractivity contribution < 1.29 is 14.7 Å². The Morgan fingerprint density at radius 3 is 2.11 bits per heavy atom. The Balaban J connectivity index is 2.89. The summed E-state index contributed by atoms with van der Waals surface area (Å²) in [6.45, 7) is 8.63. The van der Waals surface area contributed by atoms with Gasteiger partial charge in [-0.3, -0.25) is 14.6 Å². The maximum absolute atomic E-state index is 11.8. The number of nitrogens with one attached hydrogen (secondary N) is 1. The second-order valence-corrected chi connectivity index (χ2v) is 6.07. The van der Waals surface area contributed by atoms with E-state index in [0.717, 1.165) is 0 Å². The fraction of sp³-hybridized carbons (Fsp3) is 0.500. The quantitative estimate of drug-likeness (QED) is 0.878. The first kappa shape index (κ1) is 15.1. The predicted molar refractivity (Wildman–Crippen MR) is 73.0 cm³/mol. The van der Waals surface area contributed by atoms with Gasteiger partial charge in [-0.05, 0) is 26.0 Å². The van der Waals surface area contributed by atoms with E-state index in [4.69, 9.17) is 5.11 Å². The van der Waals surface area contributed by atoms with Crippen molar-refractivity contribution in [2.45, 2.75) is 40.0 Å². The molecule has 1 heterocycles. The van der Waals surface area contributed by atoms with Crippen LogP contribution in [0.2, 0.25) is 0 Å². The number of hydrogen-bond donors (Lipinski definition) is 2. The number of pyridine rings is 1. The number of aliphatic carboxylic acids is 1. The smallest absolute Gasteiger partial charge is 0.315 e. The van der Waals surface area contributed by atoms with E-state index in [1.807, 2.05) is 20.8 Å². The lowest BCUT2D eigenvalue weighted by Gasteiger charge is -2.20. The van der Waals surface area contributed by atoms with E-state index in [0.29, 0.717) is 11.4 Å². The number of carbonyl (C=O) groups excluding carboxylic acids is 1. The van der Waals surface area contributed by atoms with Crippen LogP contribution in [0.5, 0.6) is 0 Å². The van der Waals surface area contributed by atoms with Crippen LogP contribution in [0.4, 0.5) is 5.69 Å². The van der Waals surface area contributed by atoms with Crippen LogP contribution >= 0.6 is 0 Å². The first-order valence-electron chi connectivity index (χ1n) is 6.06. The lowest BCUT2D eigenvalue weighted by molar-refractivity contribution is -0.142. The Morgan fingerprint density at radius 2 is 1.74 bits per heavy atom. The number of anilines is 1. The van der Waals surface area contributed by atoms with E-state index in [-0.39, 0.29) is 5.91 Å². The van der Waals surface area contributed by atoms with Gasteiger partial charge in [-0.15, -0.1) is 0 Å². The maximum atomic E-state index is 11.8. The Bertz CT molecular complexity index is 484. The minimum Gasteiger partial charge on any atom is -0.481 e. The van der Waals surface area contributed by atoms with Gasteiger partial charge in [0.1, 0.15) is 5.41 Å². The van der Waals surface area contributed by atoms with Gasteiger partial charge in [-0.2, -0.15) is 0 Å². The molecule has 5 nitrogen and oxygen atoms in total. The summed E-state index contributed by atoms with van der Waals surface area (Å²) in [7, 11) is 0. The van der Waals surface area contributed by atoms with Crippen LogP contribution in [-0.4, -0.2) is 22.0 Å². The summed E-state index contributed by atoms with van der Waals surface area (Å²) in [6, 6.07) is 3.28. The molecule has 0 aliphatic rings. The topological polar surface area (TPSA) is 79.3 Å². The Hall–Kier alpha value is -1.91. The number of amides is 1. The lowest BCUT2D eigenvalue weighted by atomic mass is 9.89. The molecule has 0 aromatic carbocycles. The fourth-order valence-corrected chi connectivity index (χ4v) is 1.27.